The monoisotopic (exact) mass is 391 g/mol. The highest BCUT2D eigenvalue weighted by Crippen LogP contribution is 2.61. The summed E-state index contributed by atoms with van der Waals surface area (Å²) in [6, 6.07) is 10.1. The largest absolute Gasteiger partial charge is 0.370 e. The summed E-state index contributed by atoms with van der Waals surface area (Å²) in [6.45, 7) is 5.23. The van der Waals surface area contributed by atoms with E-state index in [4.69, 9.17) is 4.98 Å². The number of carbonyl (C=O) groups is 1. The van der Waals surface area contributed by atoms with Crippen molar-refractivity contribution in [2.24, 2.45) is 29.1 Å². The molecule has 4 nitrogen and oxygen atoms in total. The number of rotatable bonds is 6. The maximum atomic E-state index is 13.2. The molecule has 1 amide bonds. The smallest absolute Gasteiger partial charge is 0.224 e. The van der Waals surface area contributed by atoms with E-state index in [-0.39, 0.29) is 11.3 Å². The first-order valence-corrected chi connectivity index (χ1v) is 11.4. The van der Waals surface area contributed by atoms with Gasteiger partial charge in [-0.3, -0.25) is 4.79 Å². The van der Waals surface area contributed by atoms with Crippen molar-refractivity contribution in [2.75, 3.05) is 17.2 Å². The molecule has 1 heterocycles. The molecule has 1 aromatic carbocycles. The predicted octanol–water partition coefficient (Wildman–Crippen LogP) is 5.85. The van der Waals surface area contributed by atoms with E-state index in [9.17, 15) is 4.79 Å². The lowest BCUT2D eigenvalue weighted by molar-refractivity contribution is -0.124. The Balaban J connectivity index is 1.36. The van der Waals surface area contributed by atoms with Crippen molar-refractivity contribution in [2.45, 2.75) is 58.8 Å². The Bertz CT molecular complexity index is 884. The maximum Gasteiger partial charge on any atom is 0.224 e. The highest BCUT2D eigenvalue weighted by atomic mass is 16.1. The minimum Gasteiger partial charge on any atom is -0.370 e. The number of benzene rings is 1. The summed E-state index contributed by atoms with van der Waals surface area (Å²) in [7, 11) is 0. The lowest BCUT2D eigenvalue weighted by Gasteiger charge is -2.56. The first-order valence-electron chi connectivity index (χ1n) is 11.4. The zero-order chi connectivity index (χ0) is 20.0. The number of carbonyl (C=O) groups excluding carboxylic acids is 1. The molecule has 0 spiro atoms. The summed E-state index contributed by atoms with van der Waals surface area (Å²) in [5, 5.41) is 7.70. The summed E-state index contributed by atoms with van der Waals surface area (Å²) in [5.41, 5.74) is 2.07. The van der Waals surface area contributed by atoms with E-state index in [2.05, 4.69) is 30.5 Å². The zero-order valence-corrected chi connectivity index (χ0v) is 17.7. The number of pyridine rings is 1. The van der Waals surface area contributed by atoms with Crippen LogP contribution in [0.25, 0.3) is 10.9 Å². The second kappa shape index (κ2) is 7.30. The number of hydrogen-bond donors (Lipinski definition) is 2. The van der Waals surface area contributed by atoms with Crippen LogP contribution in [0.15, 0.2) is 30.3 Å². The molecule has 2 aromatic rings. The molecular formula is C25H33N3O. The number of para-hydroxylation sites is 1. The van der Waals surface area contributed by atoms with E-state index < -0.39 is 0 Å². The molecule has 4 fully saturated rings. The number of hydrogen-bond acceptors (Lipinski definition) is 3. The molecule has 0 radical (unpaired) electrons. The second-order valence-electron chi connectivity index (χ2n) is 10.5. The van der Waals surface area contributed by atoms with Crippen molar-refractivity contribution in [3.05, 3.63) is 30.3 Å². The van der Waals surface area contributed by atoms with Gasteiger partial charge in [0.25, 0.3) is 0 Å². The van der Waals surface area contributed by atoms with Gasteiger partial charge in [-0.05, 0) is 73.7 Å². The molecule has 0 aliphatic heterocycles. The minimum absolute atomic E-state index is 0.179. The van der Waals surface area contributed by atoms with Gasteiger partial charge in [-0.25, -0.2) is 4.98 Å². The SMILES string of the molecule is CC(C)CNc1cc(NC(=O)CC23CC4CC(CC(C4)C2)C3)c2ccccc2n1. The van der Waals surface area contributed by atoms with E-state index in [1.165, 1.54) is 38.5 Å². The summed E-state index contributed by atoms with van der Waals surface area (Å²) < 4.78 is 0. The van der Waals surface area contributed by atoms with Crippen LogP contribution in [0.1, 0.15) is 58.8 Å². The third-order valence-corrected chi connectivity index (χ3v) is 7.38. The normalized spacial score (nSPS) is 30.1. The van der Waals surface area contributed by atoms with Gasteiger partial charge in [0.2, 0.25) is 5.91 Å². The molecule has 6 rings (SSSR count). The van der Waals surface area contributed by atoms with Gasteiger partial charge in [-0.2, -0.15) is 0 Å². The van der Waals surface area contributed by atoms with Gasteiger partial charge in [0.15, 0.2) is 0 Å². The minimum atomic E-state index is 0.179. The Morgan fingerprint density at radius 3 is 2.41 bits per heavy atom. The molecule has 2 N–H and O–H groups in total. The number of anilines is 2. The topological polar surface area (TPSA) is 54.0 Å². The van der Waals surface area contributed by atoms with Gasteiger partial charge in [-0.15, -0.1) is 0 Å². The Hall–Kier alpha value is -2.10. The third-order valence-electron chi connectivity index (χ3n) is 7.38. The van der Waals surface area contributed by atoms with Crippen molar-refractivity contribution >= 4 is 28.3 Å². The van der Waals surface area contributed by atoms with Crippen LogP contribution in [0.4, 0.5) is 11.5 Å². The van der Waals surface area contributed by atoms with Crippen molar-refractivity contribution in [1.29, 1.82) is 0 Å². The van der Waals surface area contributed by atoms with Crippen LogP contribution in [0.3, 0.4) is 0 Å². The number of nitrogens with one attached hydrogen (secondary N) is 2. The molecule has 4 aliphatic rings. The summed E-state index contributed by atoms with van der Waals surface area (Å²) in [6.07, 6.45) is 8.74. The van der Waals surface area contributed by atoms with E-state index in [0.717, 1.165) is 46.7 Å². The lowest BCUT2D eigenvalue weighted by atomic mass is 9.49. The number of fused-ring (bicyclic) bond motifs is 1. The van der Waals surface area contributed by atoms with Gasteiger partial charge in [0.05, 0.1) is 11.2 Å². The Kier molecular flexibility index (Phi) is 4.76. The standard InChI is InChI=1S/C25H33N3O/c1-16(2)15-26-23-10-22(20-5-3-4-6-21(20)27-23)28-24(29)14-25-11-17-7-18(12-25)9-19(8-17)13-25/h3-6,10,16-19H,7-9,11-15H2,1-2H3,(H2,26,27,28,29). The average Bonchev–Trinajstić information content (AvgIpc) is 2.64. The molecule has 4 aliphatic carbocycles. The van der Waals surface area contributed by atoms with Crippen molar-refractivity contribution < 1.29 is 4.79 Å². The molecule has 4 bridgehead atoms. The fourth-order valence-electron chi connectivity index (χ4n) is 6.72. The molecular weight excluding hydrogens is 358 g/mol. The molecule has 4 heteroatoms. The average molecular weight is 392 g/mol. The Labute approximate surface area is 173 Å². The fraction of sp³-hybridized carbons (Fsp3) is 0.600. The third kappa shape index (κ3) is 3.86. The molecule has 0 saturated heterocycles. The number of amides is 1. The number of nitrogens with zero attached hydrogens (tertiary/aromatic N) is 1. The molecule has 29 heavy (non-hydrogen) atoms. The summed E-state index contributed by atoms with van der Waals surface area (Å²) in [4.78, 5) is 17.9. The van der Waals surface area contributed by atoms with Gasteiger partial charge < -0.3 is 10.6 Å². The molecule has 1 aromatic heterocycles. The Morgan fingerprint density at radius 1 is 1.10 bits per heavy atom. The number of aromatic nitrogens is 1. The maximum absolute atomic E-state index is 13.2. The van der Waals surface area contributed by atoms with Crippen molar-refractivity contribution in [3.8, 4) is 0 Å². The van der Waals surface area contributed by atoms with Crippen LogP contribution in [0.5, 0.6) is 0 Å². The van der Waals surface area contributed by atoms with Crippen molar-refractivity contribution in [3.63, 3.8) is 0 Å². The van der Waals surface area contributed by atoms with Crippen LogP contribution in [0, 0.1) is 29.1 Å². The molecule has 4 saturated carbocycles. The van der Waals surface area contributed by atoms with Gasteiger partial charge in [0, 0.05) is 24.4 Å². The van der Waals surface area contributed by atoms with E-state index in [0.29, 0.717) is 12.3 Å². The van der Waals surface area contributed by atoms with Gasteiger partial charge in [-0.1, -0.05) is 32.0 Å². The van der Waals surface area contributed by atoms with E-state index in [1.54, 1.807) is 0 Å². The predicted molar refractivity (Wildman–Crippen MR) is 119 cm³/mol. The van der Waals surface area contributed by atoms with E-state index >= 15 is 0 Å². The quantitative estimate of drug-likeness (QED) is 0.649. The second-order valence-corrected chi connectivity index (χ2v) is 10.5. The highest BCUT2D eigenvalue weighted by Gasteiger charge is 2.51. The first-order chi connectivity index (χ1) is 14.0. The highest BCUT2D eigenvalue weighted by molar-refractivity contribution is 6.02. The van der Waals surface area contributed by atoms with Crippen molar-refractivity contribution in [1.82, 2.24) is 4.98 Å². The van der Waals surface area contributed by atoms with Crippen LogP contribution in [-0.2, 0) is 4.79 Å². The van der Waals surface area contributed by atoms with Gasteiger partial charge >= 0.3 is 0 Å². The Morgan fingerprint density at radius 2 is 1.76 bits per heavy atom. The molecule has 0 unspecified atom stereocenters. The summed E-state index contributed by atoms with van der Waals surface area (Å²) in [5.74, 6) is 4.19. The van der Waals surface area contributed by atoms with Crippen LogP contribution in [-0.4, -0.2) is 17.4 Å². The molecule has 154 valence electrons. The van der Waals surface area contributed by atoms with Crippen LogP contribution >= 0.6 is 0 Å². The zero-order valence-electron chi connectivity index (χ0n) is 17.7. The van der Waals surface area contributed by atoms with Crippen LogP contribution < -0.4 is 10.6 Å². The van der Waals surface area contributed by atoms with Gasteiger partial charge in [0.1, 0.15) is 5.82 Å². The van der Waals surface area contributed by atoms with Crippen LogP contribution in [0.2, 0.25) is 0 Å². The summed E-state index contributed by atoms with van der Waals surface area (Å²) >= 11 is 0. The molecule has 0 atom stereocenters. The fourth-order valence-corrected chi connectivity index (χ4v) is 6.72. The lowest BCUT2D eigenvalue weighted by Crippen LogP contribution is -2.47. The first kappa shape index (κ1) is 18.9. The van der Waals surface area contributed by atoms with E-state index in [1.807, 2.05) is 24.3 Å².